The predicted molar refractivity (Wildman–Crippen MR) is 82.2 cm³/mol. The zero-order valence-electron chi connectivity index (χ0n) is 11.0. The second-order valence-corrected chi connectivity index (χ2v) is 6.31. The van der Waals surface area contributed by atoms with Gasteiger partial charge in [0.05, 0.1) is 0 Å². The summed E-state index contributed by atoms with van der Waals surface area (Å²) in [6.45, 7) is 6.18. The third-order valence-electron chi connectivity index (χ3n) is 3.21. The van der Waals surface area contributed by atoms with E-state index in [1.165, 1.54) is 0 Å². The quantitative estimate of drug-likeness (QED) is 0.771. The summed E-state index contributed by atoms with van der Waals surface area (Å²) in [5, 5.41) is 0.769. The van der Waals surface area contributed by atoms with Crippen LogP contribution in [-0.2, 0) is 11.2 Å². The van der Waals surface area contributed by atoms with Gasteiger partial charge < -0.3 is 4.55 Å². The summed E-state index contributed by atoms with van der Waals surface area (Å²) < 4.78 is 11.4. The van der Waals surface area contributed by atoms with Crippen LogP contribution in [0.25, 0.3) is 0 Å². The van der Waals surface area contributed by atoms with Gasteiger partial charge in [-0.2, -0.15) is 0 Å². The van der Waals surface area contributed by atoms with Gasteiger partial charge >= 0.3 is 0 Å². The molecule has 0 aliphatic heterocycles. The molecule has 0 saturated heterocycles. The lowest BCUT2D eigenvalue weighted by atomic mass is 9.92. The summed E-state index contributed by atoms with van der Waals surface area (Å²) in [6.07, 6.45) is 1.67. The number of rotatable bonds is 3. The molecule has 0 amide bonds. The van der Waals surface area contributed by atoms with Crippen molar-refractivity contribution in [3.63, 3.8) is 0 Å². The summed E-state index contributed by atoms with van der Waals surface area (Å²) in [4.78, 5) is 0.825. The Bertz CT molecular complexity index is 563. The average Bonchev–Trinajstić information content (AvgIpc) is 2.41. The van der Waals surface area contributed by atoms with Gasteiger partial charge in [0.1, 0.15) is 6.26 Å². The van der Waals surface area contributed by atoms with E-state index in [9.17, 15) is 4.55 Å². The van der Waals surface area contributed by atoms with E-state index < -0.39 is 11.2 Å². The molecule has 2 aromatic carbocycles. The first-order valence-electron chi connectivity index (χ1n) is 6.02. The third-order valence-corrected chi connectivity index (χ3v) is 4.66. The van der Waals surface area contributed by atoms with Crippen molar-refractivity contribution in [3.8, 4) is 0 Å². The van der Waals surface area contributed by atoms with Crippen LogP contribution in [0.5, 0.6) is 0 Å². The largest absolute Gasteiger partial charge is 0.612 e. The van der Waals surface area contributed by atoms with Crippen LogP contribution in [0, 0.1) is 13.8 Å². The molecule has 1 nitrogen and oxygen atoms in total. The predicted octanol–water partition coefficient (Wildman–Crippen LogP) is 4.35. The van der Waals surface area contributed by atoms with Gasteiger partial charge in [-0.25, -0.2) is 0 Å². The van der Waals surface area contributed by atoms with Gasteiger partial charge in [0.15, 0.2) is 4.90 Å². The van der Waals surface area contributed by atoms with Crippen LogP contribution in [0.2, 0.25) is 5.02 Å². The lowest BCUT2D eigenvalue weighted by Crippen LogP contribution is -2.01. The average molecular weight is 292 g/mol. The standard InChI is InChI=1S/C16H16ClOS/c1-11-5-4-6-15(16(11)17)12(2)13-7-9-14(10-8-13)19(3)18/h4-10,12H,2H2,1,3H3. The number of halogens is 1. The zero-order chi connectivity index (χ0) is 14.0. The van der Waals surface area contributed by atoms with Gasteiger partial charge in [-0.1, -0.05) is 41.9 Å². The monoisotopic (exact) mass is 291 g/mol. The number of aryl methyl sites for hydroxylation is 1. The fourth-order valence-corrected chi connectivity index (χ4v) is 2.79. The highest BCUT2D eigenvalue weighted by Crippen LogP contribution is 2.31. The highest BCUT2D eigenvalue weighted by Gasteiger charge is 2.14. The van der Waals surface area contributed by atoms with E-state index in [1.807, 2.05) is 49.4 Å². The minimum atomic E-state index is -0.949. The summed E-state index contributed by atoms with van der Waals surface area (Å²) in [5.74, 6) is -0.0215. The maximum absolute atomic E-state index is 11.4. The summed E-state index contributed by atoms with van der Waals surface area (Å²) in [6, 6.07) is 13.7. The summed E-state index contributed by atoms with van der Waals surface area (Å²) >= 11 is 5.38. The smallest absolute Gasteiger partial charge is 0.152 e. The van der Waals surface area contributed by atoms with Crippen molar-refractivity contribution >= 4 is 22.8 Å². The first-order chi connectivity index (χ1) is 9.00. The first kappa shape index (κ1) is 14.4. The highest BCUT2D eigenvalue weighted by atomic mass is 35.5. The molecule has 0 N–H and O–H groups in total. The van der Waals surface area contributed by atoms with Crippen molar-refractivity contribution < 1.29 is 4.55 Å². The fourth-order valence-electron chi connectivity index (χ4n) is 2.01. The Hall–Kier alpha value is -0.960. The number of hydrogen-bond acceptors (Lipinski definition) is 1. The van der Waals surface area contributed by atoms with E-state index in [1.54, 1.807) is 6.26 Å². The van der Waals surface area contributed by atoms with Crippen LogP contribution in [0.1, 0.15) is 22.6 Å². The van der Waals surface area contributed by atoms with E-state index >= 15 is 0 Å². The van der Waals surface area contributed by atoms with Crippen molar-refractivity contribution in [2.75, 3.05) is 6.26 Å². The third kappa shape index (κ3) is 3.14. The molecule has 0 saturated carbocycles. The van der Waals surface area contributed by atoms with Gasteiger partial charge in [-0.15, -0.1) is 0 Å². The number of benzene rings is 2. The Morgan fingerprint density at radius 1 is 1.16 bits per heavy atom. The summed E-state index contributed by atoms with van der Waals surface area (Å²) in [5.41, 5.74) is 3.15. The minimum absolute atomic E-state index is 0.0215. The molecule has 2 unspecified atom stereocenters. The molecule has 19 heavy (non-hydrogen) atoms. The van der Waals surface area contributed by atoms with Crippen LogP contribution < -0.4 is 0 Å². The molecule has 3 heteroatoms. The Morgan fingerprint density at radius 2 is 1.79 bits per heavy atom. The maximum Gasteiger partial charge on any atom is 0.152 e. The number of hydrogen-bond donors (Lipinski definition) is 0. The van der Waals surface area contributed by atoms with Gasteiger partial charge in [0, 0.05) is 10.9 Å². The van der Waals surface area contributed by atoms with Gasteiger partial charge in [-0.3, -0.25) is 0 Å². The highest BCUT2D eigenvalue weighted by molar-refractivity contribution is 7.90. The van der Waals surface area contributed by atoms with Crippen molar-refractivity contribution in [1.82, 2.24) is 0 Å². The molecule has 99 valence electrons. The second-order valence-electron chi connectivity index (χ2n) is 4.55. The Labute approximate surface area is 122 Å². The molecule has 2 aromatic rings. The minimum Gasteiger partial charge on any atom is -0.612 e. The summed E-state index contributed by atoms with van der Waals surface area (Å²) in [7, 11) is 0. The van der Waals surface area contributed by atoms with Crippen molar-refractivity contribution in [3.05, 3.63) is 71.1 Å². The lowest BCUT2D eigenvalue weighted by molar-refractivity contribution is 0.601. The molecule has 0 aliphatic carbocycles. The van der Waals surface area contributed by atoms with Crippen molar-refractivity contribution in [2.24, 2.45) is 0 Å². The Balaban J connectivity index is 2.33. The van der Waals surface area contributed by atoms with Crippen LogP contribution in [0.4, 0.5) is 0 Å². The van der Waals surface area contributed by atoms with Gasteiger partial charge in [0.25, 0.3) is 0 Å². The topological polar surface area (TPSA) is 23.1 Å². The van der Waals surface area contributed by atoms with E-state index in [-0.39, 0.29) is 5.92 Å². The molecule has 0 fully saturated rings. The molecular weight excluding hydrogens is 276 g/mol. The molecule has 1 radical (unpaired) electrons. The lowest BCUT2D eigenvalue weighted by Gasteiger charge is -2.15. The molecular formula is C16H16ClOS. The van der Waals surface area contributed by atoms with Crippen LogP contribution in [-0.4, -0.2) is 10.8 Å². The van der Waals surface area contributed by atoms with Gasteiger partial charge in [0.2, 0.25) is 0 Å². The normalized spacial score (nSPS) is 14.2. The maximum atomic E-state index is 11.4. The molecule has 2 rings (SSSR count). The molecule has 0 aromatic heterocycles. The molecule has 0 aliphatic rings. The Kier molecular flexibility index (Phi) is 4.56. The van der Waals surface area contributed by atoms with E-state index in [0.29, 0.717) is 0 Å². The van der Waals surface area contributed by atoms with Crippen LogP contribution >= 0.6 is 11.6 Å². The Morgan fingerprint density at radius 3 is 2.37 bits per heavy atom. The molecule has 0 spiro atoms. The van der Waals surface area contributed by atoms with Crippen molar-refractivity contribution in [2.45, 2.75) is 17.7 Å². The van der Waals surface area contributed by atoms with Crippen molar-refractivity contribution in [1.29, 1.82) is 0 Å². The SMILES string of the molecule is [CH2]C(c1ccc([S+](C)[O-])cc1)c1cccc(C)c1Cl. The van der Waals surface area contributed by atoms with E-state index in [4.69, 9.17) is 11.6 Å². The second kappa shape index (κ2) is 6.00. The molecule has 0 heterocycles. The zero-order valence-corrected chi connectivity index (χ0v) is 12.6. The molecule has 0 bridgehead atoms. The van der Waals surface area contributed by atoms with E-state index in [0.717, 1.165) is 26.6 Å². The first-order valence-corrected chi connectivity index (χ1v) is 7.96. The van der Waals surface area contributed by atoms with E-state index in [2.05, 4.69) is 6.92 Å². The van der Waals surface area contributed by atoms with Crippen LogP contribution in [0.3, 0.4) is 0 Å². The van der Waals surface area contributed by atoms with Crippen LogP contribution in [0.15, 0.2) is 47.4 Å². The fraction of sp³-hybridized carbons (Fsp3) is 0.188. The van der Waals surface area contributed by atoms with Gasteiger partial charge in [-0.05, 0) is 53.8 Å². The molecule has 2 atom stereocenters.